The molecule has 1 N–H and O–H groups in total. The molecule has 0 aliphatic rings. The topological polar surface area (TPSA) is 73.2 Å². The molecule has 2 rings (SSSR count). The van der Waals surface area contributed by atoms with Crippen LogP contribution in [0.4, 0.5) is 4.39 Å². The number of nitrogens with zero attached hydrogens (tertiary/aromatic N) is 2. The Hall–Kier alpha value is -2.70. The lowest BCUT2D eigenvalue weighted by molar-refractivity contribution is -0.127. The van der Waals surface area contributed by atoms with Gasteiger partial charge in [0.25, 0.3) is 11.5 Å². The van der Waals surface area contributed by atoms with E-state index in [0.29, 0.717) is 12.2 Å². The fourth-order valence-corrected chi connectivity index (χ4v) is 1.93. The van der Waals surface area contributed by atoms with E-state index in [-0.39, 0.29) is 23.8 Å². The molecule has 0 bridgehead atoms. The number of ether oxygens (including phenoxy) is 1. The fraction of sp³-hybridized carbons (Fsp3) is 0.312. The highest BCUT2D eigenvalue weighted by Gasteiger charge is 2.14. The first-order valence-electron chi connectivity index (χ1n) is 7.19. The van der Waals surface area contributed by atoms with Gasteiger partial charge in [-0.15, -0.1) is 0 Å². The van der Waals surface area contributed by atoms with E-state index in [0.717, 1.165) is 0 Å². The molecule has 0 aliphatic heterocycles. The number of nitrogens with one attached hydrogen (secondary N) is 1. The van der Waals surface area contributed by atoms with Gasteiger partial charge in [-0.1, -0.05) is 6.07 Å². The SMILES string of the molecule is Cc1cc(=O)n(CCNC(=O)C(C)Oc2cccc(F)c2)cn1. The van der Waals surface area contributed by atoms with Crippen LogP contribution in [0.1, 0.15) is 12.6 Å². The minimum Gasteiger partial charge on any atom is -0.481 e. The lowest BCUT2D eigenvalue weighted by atomic mass is 10.3. The van der Waals surface area contributed by atoms with Crippen LogP contribution in [0.2, 0.25) is 0 Å². The average Bonchev–Trinajstić information content (AvgIpc) is 2.49. The molecule has 6 nitrogen and oxygen atoms in total. The van der Waals surface area contributed by atoms with Gasteiger partial charge in [-0.05, 0) is 26.0 Å². The van der Waals surface area contributed by atoms with Crippen molar-refractivity contribution < 1.29 is 13.9 Å². The second-order valence-electron chi connectivity index (χ2n) is 5.07. The van der Waals surface area contributed by atoms with Gasteiger partial charge in [0.05, 0.1) is 6.33 Å². The van der Waals surface area contributed by atoms with E-state index in [4.69, 9.17) is 4.74 Å². The third kappa shape index (κ3) is 4.91. The number of aromatic nitrogens is 2. The summed E-state index contributed by atoms with van der Waals surface area (Å²) in [6.07, 6.45) is 0.668. The van der Waals surface area contributed by atoms with Gasteiger partial charge in [-0.2, -0.15) is 0 Å². The minimum absolute atomic E-state index is 0.171. The Morgan fingerprint density at radius 2 is 2.22 bits per heavy atom. The third-order valence-electron chi connectivity index (χ3n) is 3.15. The Morgan fingerprint density at radius 3 is 2.91 bits per heavy atom. The molecule has 1 amide bonds. The fourth-order valence-electron chi connectivity index (χ4n) is 1.93. The summed E-state index contributed by atoms with van der Waals surface area (Å²) < 4.78 is 19.8. The smallest absolute Gasteiger partial charge is 0.260 e. The zero-order valence-electron chi connectivity index (χ0n) is 13.0. The van der Waals surface area contributed by atoms with Gasteiger partial charge in [0.15, 0.2) is 6.10 Å². The van der Waals surface area contributed by atoms with E-state index in [1.807, 2.05) is 0 Å². The molecule has 1 aromatic heterocycles. The molecular weight excluding hydrogens is 301 g/mol. The van der Waals surface area contributed by atoms with Crippen LogP contribution in [-0.2, 0) is 11.3 Å². The van der Waals surface area contributed by atoms with Crippen molar-refractivity contribution >= 4 is 5.91 Å². The number of hydrogen-bond acceptors (Lipinski definition) is 4. The van der Waals surface area contributed by atoms with E-state index in [2.05, 4.69) is 10.3 Å². The first kappa shape index (κ1) is 16.7. The summed E-state index contributed by atoms with van der Waals surface area (Å²) in [4.78, 5) is 27.6. The summed E-state index contributed by atoms with van der Waals surface area (Å²) in [5.74, 6) is -0.490. The summed E-state index contributed by atoms with van der Waals surface area (Å²) in [6, 6.07) is 7.01. The maximum absolute atomic E-state index is 13.1. The maximum Gasteiger partial charge on any atom is 0.260 e. The number of benzene rings is 1. The molecule has 2 aromatic rings. The van der Waals surface area contributed by atoms with Crippen LogP contribution < -0.4 is 15.6 Å². The van der Waals surface area contributed by atoms with E-state index >= 15 is 0 Å². The van der Waals surface area contributed by atoms with Gasteiger partial charge in [0.1, 0.15) is 11.6 Å². The van der Waals surface area contributed by atoms with Gasteiger partial charge in [-0.3, -0.25) is 14.2 Å². The lowest BCUT2D eigenvalue weighted by Crippen LogP contribution is -2.38. The second kappa shape index (κ2) is 7.53. The van der Waals surface area contributed by atoms with Gasteiger partial charge in [-0.25, -0.2) is 9.37 Å². The molecule has 1 aromatic carbocycles. The maximum atomic E-state index is 13.1. The Labute approximate surface area is 132 Å². The van der Waals surface area contributed by atoms with Crippen molar-refractivity contribution in [1.29, 1.82) is 0 Å². The predicted octanol–water partition coefficient (Wildman–Crippen LogP) is 1.27. The molecule has 0 saturated heterocycles. The zero-order valence-corrected chi connectivity index (χ0v) is 13.0. The Bertz CT molecular complexity index is 745. The highest BCUT2D eigenvalue weighted by atomic mass is 19.1. The first-order chi connectivity index (χ1) is 11.0. The van der Waals surface area contributed by atoms with Gasteiger partial charge in [0.2, 0.25) is 0 Å². The van der Waals surface area contributed by atoms with Crippen LogP contribution in [0.3, 0.4) is 0 Å². The summed E-state index contributed by atoms with van der Waals surface area (Å²) in [5.41, 5.74) is 0.475. The van der Waals surface area contributed by atoms with Crippen LogP contribution in [0.5, 0.6) is 5.75 Å². The lowest BCUT2D eigenvalue weighted by Gasteiger charge is -2.15. The van der Waals surface area contributed by atoms with Crippen LogP contribution >= 0.6 is 0 Å². The van der Waals surface area contributed by atoms with Crippen LogP contribution in [0.25, 0.3) is 0 Å². The van der Waals surface area contributed by atoms with E-state index in [9.17, 15) is 14.0 Å². The molecule has 1 heterocycles. The molecular formula is C16H18FN3O3. The highest BCUT2D eigenvalue weighted by Crippen LogP contribution is 2.13. The second-order valence-corrected chi connectivity index (χ2v) is 5.07. The molecule has 0 radical (unpaired) electrons. The number of aryl methyl sites for hydroxylation is 1. The van der Waals surface area contributed by atoms with E-state index in [1.165, 1.54) is 35.2 Å². The summed E-state index contributed by atoms with van der Waals surface area (Å²) >= 11 is 0. The van der Waals surface area contributed by atoms with Crippen LogP contribution in [-0.4, -0.2) is 28.1 Å². The quantitative estimate of drug-likeness (QED) is 0.870. The van der Waals surface area contributed by atoms with Crippen molar-refractivity contribution in [3.8, 4) is 5.75 Å². The number of carbonyl (C=O) groups excluding carboxylic acids is 1. The van der Waals surface area contributed by atoms with Crippen molar-refractivity contribution in [3.63, 3.8) is 0 Å². The molecule has 0 saturated carbocycles. The molecule has 0 spiro atoms. The van der Waals surface area contributed by atoms with Crippen LogP contribution in [0, 0.1) is 12.7 Å². The van der Waals surface area contributed by atoms with Gasteiger partial charge < -0.3 is 10.1 Å². The van der Waals surface area contributed by atoms with Crippen molar-refractivity contribution in [2.24, 2.45) is 0 Å². The van der Waals surface area contributed by atoms with Crippen molar-refractivity contribution in [2.75, 3.05) is 6.54 Å². The largest absolute Gasteiger partial charge is 0.481 e. The molecule has 7 heteroatoms. The molecule has 0 fully saturated rings. The van der Waals surface area contributed by atoms with E-state index < -0.39 is 11.9 Å². The molecule has 1 atom stereocenters. The van der Waals surface area contributed by atoms with Crippen molar-refractivity contribution in [1.82, 2.24) is 14.9 Å². The summed E-state index contributed by atoms with van der Waals surface area (Å²) in [6.45, 7) is 3.88. The zero-order chi connectivity index (χ0) is 16.8. The monoisotopic (exact) mass is 319 g/mol. The molecule has 1 unspecified atom stereocenters. The summed E-state index contributed by atoms with van der Waals surface area (Å²) in [7, 11) is 0. The normalized spacial score (nSPS) is 11.8. The highest BCUT2D eigenvalue weighted by molar-refractivity contribution is 5.80. The molecule has 122 valence electrons. The van der Waals surface area contributed by atoms with Gasteiger partial charge >= 0.3 is 0 Å². The van der Waals surface area contributed by atoms with E-state index in [1.54, 1.807) is 19.9 Å². The van der Waals surface area contributed by atoms with Crippen molar-refractivity contribution in [2.45, 2.75) is 26.5 Å². The first-order valence-corrected chi connectivity index (χ1v) is 7.19. The molecule has 23 heavy (non-hydrogen) atoms. The number of carbonyl (C=O) groups is 1. The number of halogens is 1. The Balaban J connectivity index is 1.83. The van der Waals surface area contributed by atoms with Gasteiger partial charge in [0, 0.05) is 30.9 Å². The Kier molecular flexibility index (Phi) is 5.46. The minimum atomic E-state index is -0.773. The standard InChI is InChI=1S/C16H18FN3O3/c1-11-8-15(21)20(10-19-11)7-6-18-16(22)12(2)23-14-5-3-4-13(17)9-14/h3-5,8-10,12H,6-7H2,1-2H3,(H,18,22). The average molecular weight is 319 g/mol. The van der Waals surface area contributed by atoms with Crippen molar-refractivity contribution in [3.05, 3.63) is 58.5 Å². The predicted molar refractivity (Wildman–Crippen MR) is 82.7 cm³/mol. The number of hydrogen-bond donors (Lipinski definition) is 1. The number of amides is 1. The van der Waals surface area contributed by atoms with Crippen LogP contribution in [0.15, 0.2) is 41.5 Å². The summed E-state index contributed by atoms with van der Waals surface area (Å²) in [5, 5.41) is 2.66. The molecule has 0 aliphatic carbocycles. The number of rotatable bonds is 6. The third-order valence-corrected chi connectivity index (χ3v) is 3.15. The Morgan fingerprint density at radius 1 is 1.43 bits per heavy atom.